The molecule has 3 aromatic heterocycles. The fourth-order valence-corrected chi connectivity index (χ4v) is 4.41. The van der Waals surface area contributed by atoms with Crippen molar-refractivity contribution in [1.82, 2.24) is 19.5 Å². The van der Waals surface area contributed by atoms with Gasteiger partial charge in [-0.2, -0.15) is 4.39 Å². The summed E-state index contributed by atoms with van der Waals surface area (Å²) >= 11 is 6.27. The highest BCUT2D eigenvalue weighted by molar-refractivity contribution is 6.35. The molecule has 0 radical (unpaired) electrons. The summed E-state index contributed by atoms with van der Waals surface area (Å²) in [6.45, 7) is 1.92. The number of benzene rings is 2. The van der Waals surface area contributed by atoms with Gasteiger partial charge in [0.05, 0.1) is 32.7 Å². The molecule has 0 aliphatic rings. The van der Waals surface area contributed by atoms with Crippen LogP contribution in [0.25, 0.3) is 38.8 Å². The lowest BCUT2D eigenvalue weighted by molar-refractivity contribution is 0.0699. The molecule has 6 nitrogen and oxygen atoms in total. The van der Waals surface area contributed by atoms with E-state index in [1.165, 1.54) is 36.5 Å². The Morgan fingerprint density at radius 2 is 1.83 bits per heavy atom. The third-order valence-corrected chi connectivity index (χ3v) is 6.01. The zero-order valence-corrected chi connectivity index (χ0v) is 18.9. The Labute approximate surface area is 201 Å². The van der Waals surface area contributed by atoms with Crippen LogP contribution in [0.3, 0.4) is 0 Å². The van der Waals surface area contributed by atoms with E-state index in [0.29, 0.717) is 24.4 Å². The van der Waals surface area contributed by atoms with Crippen molar-refractivity contribution in [2.45, 2.75) is 19.8 Å². The van der Waals surface area contributed by atoms with Crippen molar-refractivity contribution in [3.05, 3.63) is 82.8 Å². The highest BCUT2D eigenvalue weighted by Gasteiger charge is 2.23. The number of halogens is 4. The van der Waals surface area contributed by atoms with E-state index < -0.39 is 23.6 Å². The van der Waals surface area contributed by atoms with Crippen LogP contribution >= 0.6 is 11.6 Å². The van der Waals surface area contributed by atoms with Gasteiger partial charge in [0.2, 0.25) is 5.95 Å². The summed E-state index contributed by atoms with van der Waals surface area (Å²) in [4.78, 5) is 24.2. The molecule has 5 aromatic rings. The zero-order valence-electron chi connectivity index (χ0n) is 18.2. The highest BCUT2D eigenvalue weighted by atomic mass is 35.5. The summed E-state index contributed by atoms with van der Waals surface area (Å²) < 4.78 is 45.1. The molecule has 0 atom stereocenters. The van der Waals surface area contributed by atoms with Gasteiger partial charge in [0, 0.05) is 24.4 Å². The molecule has 0 aliphatic heterocycles. The number of pyridine rings is 2. The monoisotopic (exact) mass is 496 g/mol. The molecule has 10 heteroatoms. The summed E-state index contributed by atoms with van der Waals surface area (Å²) in [5, 5.41) is 10.3. The Morgan fingerprint density at radius 1 is 1.06 bits per heavy atom. The van der Waals surface area contributed by atoms with Gasteiger partial charge in [0.25, 0.3) is 0 Å². The predicted molar refractivity (Wildman–Crippen MR) is 125 cm³/mol. The second-order valence-electron chi connectivity index (χ2n) is 7.86. The number of rotatable bonds is 5. The largest absolute Gasteiger partial charge is 0.478 e. The van der Waals surface area contributed by atoms with Crippen LogP contribution in [-0.4, -0.2) is 30.6 Å². The number of imidazole rings is 1. The van der Waals surface area contributed by atoms with Crippen LogP contribution in [0.2, 0.25) is 5.02 Å². The van der Waals surface area contributed by atoms with Crippen molar-refractivity contribution < 1.29 is 23.1 Å². The lowest BCUT2D eigenvalue weighted by Gasteiger charge is -2.14. The topological polar surface area (TPSA) is 80.9 Å². The number of hydrogen-bond donors (Lipinski definition) is 1. The van der Waals surface area contributed by atoms with Crippen LogP contribution in [-0.2, 0) is 6.42 Å². The fraction of sp³-hybridized carbons (Fsp3) is 0.120. The lowest BCUT2D eigenvalue weighted by Crippen LogP contribution is -2.04. The minimum Gasteiger partial charge on any atom is -0.478 e. The van der Waals surface area contributed by atoms with Gasteiger partial charge in [-0.15, -0.1) is 0 Å². The average Bonchev–Trinajstić information content (AvgIpc) is 3.20. The highest BCUT2D eigenvalue weighted by Crippen LogP contribution is 2.35. The van der Waals surface area contributed by atoms with Crippen molar-refractivity contribution in [3.8, 4) is 16.8 Å². The van der Waals surface area contributed by atoms with Gasteiger partial charge in [0.1, 0.15) is 17.2 Å². The molecule has 0 saturated heterocycles. The molecule has 0 unspecified atom stereocenters. The first-order valence-corrected chi connectivity index (χ1v) is 11.0. The third-order valence-electron chi connectivity index (χ3n) is 5.70. The van der Waals surface area contributed by atoms with Crippen LogP contribution < -0.4 is 0 Å². The molecule has 0 amide bonds. The molecule has 2 aromatic carbocycles. The second kappa shape index (κ2) is 8.66. The van der Waals surface area contributed by atoms with E-state index in [0.717, 1.165) is 6.20 Å². The Kier molecular flexibility index (Phi) is 5.64. The van der Waals surface area contributed by atoms with Gasteiger partial charge >= 0.3 is 5.97 Å². The SMILES string of the molecule is CCCc1nc2c(C(=O)O)cc(-c3ccnc(F)c3F)cc2n1-c1ccnc2c(Cl)ccc(F)c12. The maximum Gasteiger partial charge on any atom is 0.337 e. The minimum atomic E-state index is -1.31. The molecule has 0 spiro atoms. The maximum absolute atomic E-state index is 15.1. The second-order valence-corrected chi connectivity index (χ2v) is 8.26. The van der Waals surface area contributed by atoms with E-state index in [9.17, 15) is 18.7 Å². The first-order valence-electron chi connectivity index (χ1n) is 10.6. The van der Waals surface area contributed by atoms with Crippen LogP contribution in [0.5, 0.6) is 0 Å². The van der Waals surface area contributed by atoms with E-state index >= 15 is 4.39 Å². The summed E-state index contributed by atoms with van der Waals surface area (Å²) in [6.07, 6.45) is 3.65. The molecule has 5 rings (SSSR count). The van der Waals surface area contributed by atoms with Crippen molar-refractivity contribution >= 4 is 39.5 Å². The van der Waals surface area contributed by atoms with Gasteiger partial charge in [-0.25, -0.2) is 23.5 Å². The van der Waals surface area contributed by atoms with Crippen molar-refractivity contribution in [2.24, 2.45) is 0 Å². The van der Waals surface area contributed by atoms with Gasteiger partial charge in [-0.05, 0) is 48.4 Å². The Balaban J connectivity index is 1.94. The van der Waals surface area contributed by atoms with E-state index in [1.54, 1.807) is 10.6 Å². The molecule has 1 N–H and O–H groups in total. The molecule has 35 heavy (non-hydrogen) atoms. The fourth-order valence-electron chi connectivity index (χ4n) is 4.21. The number of fused-ring (bicyclic) bond motifs is 2. The number of hydrogen-bond acceptors (Lipinski definition) is 4. The first-order chi connectivity index (χ1) is 16.8. The third kappa shape index (κ3) is 3.68. The van der Waals surface area contributed by atoms with Gasteiger partial charge in [-0.3, -0.25) is 9.55 Å². The molecular weight excluding hydrogens is 481 g/mol. The molecule has 0 fully saturated rings. The van der Waals surface area contributed by atoms with Crippen molar-refractivity contribution in [1.29, 1.82) is 0 Å². The maximum atomic E-state index is 15.1. The van der Waals surface area contributed by atoms with Gasteiger partial charge in [0.15, 0.2) is 5.82 Å². The standard InChI is InChI=1S/C25H16ClF3N4O2/c1-2-3-19-32-22-14(25(34)35)10-12(13-6-8-31-24(29)21(13)28)11-18(22)33(19)17-7-9-30-23-15(26)4-5-16(27)20(17)23/h4-11H,2-3H2,1H3,(H,34,35). The summed E-state index contributed by atoms with van der Waals surface area (Å²) in [5.74, 6) is -3.93. The van der Waals surface area contributed by atoms with Crippen LogP contribution in [0, 0.1) is 17.6 Å². The van der Waals surface area contributed by atoms with Crippen molar-refractivity contribution in [2.75, 3.05) is 0 Å². The predicted octanol–water partition coefficient (Wildman–Crippen LogP) is 6.36. The average molecular weight is 497 g/mol. The number of aromatic carboxylic acids is 1. The summed E-state index contributed by atoms with van der Waals surface area (Å²) in [6, 6.07) is 8.17. The Morgan fingerprint density at radius 3 is 2.57 bits per heavy atom. The lowest BCUT2D eigenvalue weighted by atomic mass is 10.0. The number of carboxylic acids is 1. The van der Waals surface area contributed by atoms with Crippen LogP contribution in [0.1, 0.15) is 29.5 Å². The van der Waals surface area contributed by atoms with E-state index in [4.69, 9.17) is 11.6 Å². The quantitative estimate of drug-likeness (QED) is 0.286. The first kappa shape index (κ1) is 22.8. The molecular formula is C25H16ClF3N4O2. The van der Waals surface area contributed by atoms with Crippen molar-refractivity contribution in [3.63, 3.8) is 0 Å². The van der Waals surface area contributed by atoms with Crippen LogP contribution in [0.4, 0.5) is 13.2 Å². The summed E-state index contributed by atoms with van der Waals surface area (Å²) in [5.41, 5.74) is 0.720. The van der Waals surface area contributed by atoms with E-state index in [2.05, 4.69) is 15.0 Å². The minimum absolute atomic E-state index is 0.106. The number of carbonyl (C=O) groups is 1. The molecule has 0 aliphatic carbocycles. The number of aromatic nitrogens is 4. The Hall–Kier alpha value is -3.98. The molecule has 3 heterocycles. The molecule has 0 saturated carbocycles. The normalized spacial score (nSPS) is 11.5. The zero-order chi connectivity index (χ0) is 24.9. The smallest absolute Gasteiger partial charge is 0.337 e. The van der Waals surface area contributed by atoms with Gasteiger partial charge < -0.3 is 5.11 Å². The summed E-state index contributed by atoms with van der Waals surface area (Å²) in [7, 11) is 0. The van der Waals surface area contributed by atoms with E-state index in [-0.39, 0.29) is 43.6 Å². The number of nitrogens with zero attached hydrogens (tertiary/aromatic N) is 4. The number of carboxylic acid groups (broad SMARTS) is 1. The van der Waals surface area contributed by atoms with Crippen LogP contribution in [0.15, 0.2) is 48.8 Å². The molecule has 0 bridgehead atoms. The van der Waals surface area contributed by atoms with Gasteiger partial charge in [-0.1, -0.05) is 18.5 Å². The van der Waals surface area contributed by atoms with E-state index in [1.807, 2.05) is 6.92 Å². The molecule has 176 valence electrons. The Bertz CT molecular complexity index is 1650. The number of aryl methyl sites for hydroxylation is 1.